The first kappa shape index (κ1) is 14.3. The summed E-state index contributed by atoms with van der Waals surface area (Å²) < 4.78 is 6.10. The van der Waals surface area contributed by atoms with Gasteiger partial charge in [-0.3, -0.25) is 4.79 Å². The van der Waals surface area contributed by atoms with Gasteiger partial charge in [0.2, 0.25) is 5.91 Å². The number of methoxy groups -OCH3 is 1. The lowest BCUT2D eigenvalue weighted by Gasteiger charge is -2.15. The first-order valence-electron chi connectivity index (χ1n) is 6.46. The molecule has 19 heavy (non-hydrogen) atoms. The maximum Gasteiger partial charge on any atom is 0.222 e. The van der Waals surface area contributed by atoms with E-state index in [9.17, 15) is 4.79 Å². The number of nitrogens with zero attached hydrogens (tertiary/aromatic N) is 1. The third kappa shape index (κ3) is 3.70. The summed E-state index contributed by atoms with van der Waals surface area (Å²) in [4.78, 5) is 13.9. The van der Waals surface area contributed by atoms with Crippen LogP contribution in [0, 0.1) is 0 Å². The molecule has 1 amide bonds. The van der Waals surface area contributed by atoms with Crippen molar-refractivity contribution in [3.05, 3.63) is 28.2 Å². The fraction of sp³-hybridized carbons (Fsp3) is 0.500. The van der Waals surface area contributed by atoms with Gasteiger partial charge in [-0.05, 0) is 46.5 Å². The standard InChI is InChI=1S/C14H19BrN2O2/c1-19-13-4-2-10(8-12(13)15)3-5-14(18)17-7-6-11(16)9-17/h2,4,8,11H,3,5-7,9,16H2,1H3/t11-/m0/s1. The number of halogens is 1. The van der Waals surface area contributed by atoms with Crippen molar-refractivity contribution < 1.29 is 9.53 Å². The van der Waals surface area contributed by atoms with Gasteiger partial charge in [0.15, 0.2) is 0 Å². The van der Waals surface area contributed by atoms with Crippen molar-refractivity contribution in [3.8, 4) is 5.75 Å². The number of hydrogen-bond acceptors (Lipinski definition) is 3. The van der Waals surface area contributed by atoms with Crippen LogP contribution in [-0.4, -0.2) is 37.0 Å². The minimum Gasteiger partial charge on any atom is -0.496 e. The Hall–Kier alpha value is -1.07. The van der Waals surface area contributed by atoms with Crippen LogP contribution in [0.5, 0.6) is 5.75 Å². The molecule has 0 aromatic heterocycles. The highest BCUT2D eigenvalue weighted by Gasteiger charge is 2.22. The summed E-state index contributed by atoms with van der Waals surface area (Å²) in [5.41, 5.74) is 6.94. The third-order valence-electron chi connectivity index (χ3n) is 3.42. The minimum atomic E-state index is 0.152. The minimum absolute atomic E-state index is 0.152. The predicted molar refractivity (Wildman–Crippen MR) is 78.2 cm³/mol. The third-order valence-corrected chi connectivity index (χ3v) is 4.04. The number of amides is 1. The monoisotopic (exact) mass is 326 g/mol. The van der Waals surface area contributed by atoms with Gasteiger partial charge in [0, 0.05) is 25.6 Å². The summed E-state index contributed by atoms with van der Waals surface area (Å²) in [7, 11) is 1.64. The van der Waals surface area contributed by atoms with Crippen molar-refractivity contribution in [2.24, 2.45) is 5.73 Å². The van der Waals surface area contributed by atoms with E-state index in [1.54, 1.807) is 7.11 Å². The molecule has 1 saturated heterocycles. The lowest BCUT2D eigenvalue weighted by Crippen LogP contribution is -2.31. The average Bonchev–Trinajstić information content (AvgIpc) is 2.83. The highest BCUT2D eigenvalue weighted by atomic mass is 79.9. The van der Waals surface area contributed by atoms with Crippen LogP contribution in [0.3, 0.4) is 0 Å². The zero-order valence-corrected chi connectivity index (χ0v) is 12.6. The Morgan fingerprint density at radius 2 is 2.37 bits per heavy atom. The number of aryl methyl sites for hydroxylation is 1. The first-order chi connectivity index (χ1) is 9.10. The van der Waals surface area contributed by atoms with Crippen LogP contribution in [0.25, 0.3) is 0 Å². The molecule has 104 valence electrons. The second kappa shape index (κ2) is 6.39. The topological polar surface area (TPSA) is 55.6 Å². The van der Waals surface area contributed by atoms with Crippen LogP contribution < -0.4 is 10.5 Å². The molecular formula is C14H19BrN2O2. The van der Waals surface area contributed by atoms with Gasteiger partial charge in [0.05, 0.1) is 11.6 Å². The molecule has 0 spiro atoms. The molecule has 2 N–H and O–H groups in total. The van der Waals surface area contributed by atoms with Crippen molar-refractivity contribution in [2.45, 2.75) is 25.3 Å². The largest absolute Gasteiger partial charge is 0.496 e. The maximum absolute atomic E-state index is 12.0. The molecule has 0 bridgehead atoms. The van der Waals surface area contributed by atoms with E-state index in [0.29, 0.717) is 13.0 Å². The molecule has 0 radical (unpaired) electrons. The summed E-state index contributed by atoms with van der Waals surface area (Å²) in [6, 6.07) is 6.06. The van der Waals surface area contributed by atoms with E-state index in [2.05, 4.69) is 15.9 Å². The lowest BCUT2D eigenvalue weighted by molar-refractivity contribution is -0.130. The van der Waals surface area contributed by atoms with Crippen molar-refractivity contribution in [3.63, 3.8) is 0 Å². The molecule has 0 unspecified atom stereocenters. The van der Waals surface area contributed by atoms with Crippen LogP contribution in [0.4, 0.5) is 0 Å². The Labute approximate surface area is 122 Å². The first-order valence-corrected chi connectivity index (χ1v) is 7.25. The summed E-state index contributed by atoms with van der Waals surface area (Å²) >= 11 is 3.45. The van der Waals surface area contributed by atoms with Gasteiger partial charge in [0.25, 0.3) is 0 Å². The number of benzene rings is 1. The number of nitrogens with two attached hydrogens (primary N) is 1. The number of likely N-dealkylation sites (tertiary alicyclic amines) is 1. The highest BCUT2D eigenvalue weighted by molar-refractivity contribution is 9.10. The van der Waals surface area contributed by atoms with Gasteiger partial charge in [-0.2, -0.15) is 0 Å². The molecule has 1 aliphatic heterocycles. The zero-order valence-electron chi connectivity index (χ0n) is 11.1. The SMILES string of the molecule is COc1ccc(CCC(=O)N2CC[C@H](N)C2)cc1Br. The number of rotatable bonds is 4. The fourth-order valence-corrected chi connectivity index (χ4v) is 2.88. The van der Waals surface area contributed by atoms with Gasteiger partial charge in [0.1, 0.15) is 5.75 Å². The van der Waals surface area contributed by atoms with Gasteiger partial charge < -0.3 is 15.4 Å². The Balaban J connectivity index is 1.88. The van der Waals surface area contributed by atoms with Crippen LogP contribution in [-0.2, 0) is 11.2 Å². The predicted octanol–water partition coefficient (Wildman–Crippen LogP) is 1.95. The summed E-state index contributed by atoms with van der Waals surface area (Å²) in [5, 5.41) is 0. The van der Waals surface area contributed by atoms with E-state index < -0.39 is 0 Å². The molecule has 5 heteroatoms. The molecule has 1 heterocycles. The molecule has 1 aromatic carbocycles. The van der Waals surface area contributed by atoms with Crippen molar-refractivity contribution in [2.75, 3.05) is 20.2 Å². The summed E-state index contributed by atoms with van der Waals surface area (Å²) in [5.74, 6) is 1.00. The van der Waals surface area contributed by atoms with E-state index >= 15 is 0 Å². The lowest BCUT2D eigenvalue weighted by atomic mass is 10.1. The van der Waals surface area contributed by atoms with Gasteiger partial charge in [-0.1, -0.05) is 6.07 Å². The molecule has 2 rings (SSSR count). The number of carbonyl (C=O) groups excluding carboxylic acids is 1. The van der Waals surface area contributed by atoms with Gasteiger partial charge in [-0.25, -0.2) is 0 Å². The summed E-state index contributed by atoms with van der Waals surface area (Å²) in [6.07, 6.45) is 2.19. The zero-order chi connectivity index (χ0) is 13.8. The Bertz CT molecular complexity index is 465. The molecule has 1 aliphatic rings. The van der Waals surface area contributed by atoms with Crippen LogP contribution >= 0.6 is 15.9 Å². The van der Waals surface area contributed by atoms with Crippen molar-refractivity contribution in [1.29, 1.82) is 0 Å². The molecule has 1 atom stereocenters. The van der Waals surface area contributed by atoms with E-state index in [0.717, 1.165) is 35.2 Å². The number of ether oxygens (including phenoxy) is 1. The van der Waals surface area contributed by atoms with Crippen molar-refractivity contribution in [1.82, 2.24) is 4.90 Å². The van der Waals surface area contributed by atoms with E-state index in [4.69, 9.17) is 10.5 Å². The maximum atomic E-state index is 12.0. The second-order valence-corrected chi connectivity index (χ2v) is 5.71. The van der Waals surface area contributed by atoms with Gasteiger partial charge in [-0.15, -0.1) is 0 Å². The summed E-state index contributed by atoms with van der Waals surface area (Å²) in [6.45, 7) is 1.50. The Kier molecular flexibility index (Phi) is 4.82. The smallest absolute Gasteiger partial charge is 0.222 e. The van der Waals surface area contributed by atoms with Crippen molar-refractivity contribution >= 4 is 21.8 Å². The van der Waals surface area contributed by atoms with E-state index in [1.807, 2.05) is 23.1 Å². The van der Waals surface area contributed by atoms with E-state index in [1.165, 1.54) is 0 Å². The second-order valence-electron chi connectivity index (χ2n) is 4.86. The molecule has 1 fully saturated rings. The number of hydrogen-bond donors (Lipinski definition) is 1. The number of carbonyl (C=O) groups is 1. The fourth-order valence-electron chi connectivity index (χ4n) is 2.29. The van der Waals surface area contributed by atoms with Crippen LogP contribution in [0.2, 0.25) is 0 Å². The van der Waals surface area contributed by atoms with Gasteiger partial charge >= 0.3 is 0 Å². The average molecular weight is 327 g/mol. The molecule has 4 nitrogen and oxygen atoms in total. The molecule has 0 saturated carbocycles. The molecule has 1 aromatic rings. The van der Waals surface area contributed by atoms with Crippen LogP contribution in [0.1, 0.15) is 18.4 Å². The molecule has 0 aliphatic carbocycles. The quantitative estimate of drug-likeness (QED) is 0.920. The highest BCUT2D eigenvalue weighted by Crippen LogP contribution is 2.26. The molecular weight excluding hydrogens is 308 g/mol. The van der Waals surface area contributed by atoms with E-state index in [-0.39, 0.29) is 11.9 Å². The van der Waals surface area contributed by atoms with Crippen LogP contribution in [0.15, 0.2) is 22.7 Å². The Morgan fingerprint density at radius 3 is 2.95 bits per heavy atom. The Morgan fingerprint density at radius 1 is 1.58 bits per heavy atom. The normalized spacial score (nSPS) is 18.7.